The zero-order valence-electron chi connectivity index (χ0n) is 14.9. The Morgan fingerprint density at radius 1 is 1.24 bits per heavy atom. The third-order valence-corrected chi connectivity index (χ3v) is 6.90. The maximum Gasteiger partial charge on any atom is 0.225 e. The van der Waals surface area contributed by atoms with Crippen LogP contribution in [0.15, 0.2) is 6.33 Å². The molecule has 2 heterocycles. The van der Waals surface area contributed by atoms with Crippen molar-refractivity contribution in [3.63, 3.8) is 0 Å². The van der Waals surface area contributed by atoms with Crippen LogP contribution in [0.25, 0.3) is 10.2 Å². The van der Waals surface area contributed by atoms with Crippen molar-refractivity contribution in [2.45, 2.75) is 63.0 Å². The summed E-state index contributed by atoms with van der Waals surface area (Å²) >= 11 is 1.74. The second kappa shape index (κ2) is 7.00. The first-order valence-corrected chi connectivity index (χ1v) is 10.0. The van der Waals surface area contributed by atoms with Gasteiger partial charge in [0.1, 0.15) is 23.5 Å². The molecule has 1 fully saturated rings. The van der Waals surface area contributed by atoms with Gasteiger partial charge in [-0.05, 0) is 64.1 Å². The maximum absolute atomic E-state index is 11.1. The fourth-order valence-corrected chi connectivity index (χ4v) is 5.55. The lowest BCUT2D eigenvalue weighted by molar-refractivity contribution is -0.108. The molecule has 0 saturated heterocycles. The van der Waals surface area contributed by atoms with E-state index >= 15 is 0 Å². The Morgan fingerprint density at radius 2 is 2.04 bits per heavy atom. The molecule has 0 aromatic carbocycles. The van der Waals surface area contributed by atoms with Gasteiger partial charge in [0.25, 0.3) is 0 Å². The van der Waals surface area contributed by atoms with Crippen LogP contribution in [0.3, 0.4) is 0 Å². The number of hydrogen-bond acceptors (Lipinski definition) is 6. The van der Waals surface area contributed by atoms with E-state index in [0.717, 1.165) is 48.1 Å². The van der Waals surface area contributed by atoms with Gasteiger partial charge >= 0.3 is 0 Å². The van der Waals surface area contributed by atoms with Crippen LogP contribution in [0.1, 0.15) is 54.9 Å². The SMILES string of the molecule is CN(C)C1CCC(Oc2ncnc3sc4c(c23)C(CC=O)CC4)CC1. The third-order valence-electron chi connectivity index (χ3n) is 5.73. The predicted molar refractivity (Wildman–Crippen MR) is 99.5 cm³/mol. The Labute approximate surface area is 152 Å². The van der Waals surface area contributed by atoms with E-state index in [4.69, 9.17) is 4.74 Å². The summed E-state index contributed by atoms with van der Waals surface area (Å²) in [7, 11) is 4.31. The van der Waals surface area contributed by atoms with Crippen LogP contribution < -0.4 is 4.74 Å². The van der Waals surface area contributed by atoms with Crippen molar-refractivity contribution in [1.29, 1.82) is 0 Å². The first kappa shape index (κ1) is 16.9. The highest BCUT2D eigenvalue weighted by atomic mass is 32.1. The molecule has 1 unspecified atom stereocenters. The standard InChI is InChI=1S/C19H25N3O2S/c1-22(2)13-4-6-14(7-5-13)24-18-17-16-12(9-10-23)3-8-15(16)25-19(17)21-11-20-18/h10-14H,3-9H2,1-2H3. The van der Waals surface area contributed by atoms with Crippen LogP contribution in [0.4, 0.5) is 0 Å². The third kappa shape index (κ3) is 3.17. The number of thiophene rings is 1. The van der Waals surface area contributed by atoms with E-state index in [-0.39, 0.29) is 6.10 Å². The van der Waals surface area contributed by atoms with Crippen molar-refractivity contribution in [1.82, 2.24) is 14.9 Å². The Bertz CT molecular complexity index is 765. The second-order valence-electron chi connectivity index (χ2n) is 7.45. The highest BCUT2D eigenvalue weighted by molar-refractivity contribution is 7.19. The highest BCUT2D eigenvalue weighted by Crippen LogP contribution is 2.47. The van der Waals surface area contributed by atoms with Crippen LogP contribution >= 0.6 is 11.3 Å². The lowest BCUT2D eigenvalue weighted by Crippen LogP contribution is -2.35. The predicted octanol–water partition coefficient (Wildman–Crippen LogP) is 3.56. The van der Waals surface area contributed by atoms with Crippen LogP contribution in [0, 0.1) is 0 Å². The van der Waals surface area contributed by atoms with E-state index in [0.29, 0.717) is 18.4 Å². The number of rotatable bonds is 5. The molecule has 25 heavy (non-hydrogen) atoms. The van der Waals surface area contributed by atoms with E-state index in [1.165, 1.54) is 23.3 Å². The minimum absolute atomic E-state index is 0.232. The summed E-state index contributed by atoms with van der Waals surface area (Å²) in [4.78, 5) is 24.7. The zero-order chi connectivity index (χ0) is 17.4. The van der Waals surface area contributed by atoms with Crippen molar-refractivity contribution in [2.24, 2.45) is 0 Å². The number of carbonyl (C=O) groups is 1. The molecular formula is C19H25N3O2S. The first-order valence-electron chi connectivity index (χ1n) is 9.20. The Kier molecular flexibility index (Phi) is 4.73. The van der Waals surface area contributed by atoms with E-state index in [2.05, 4.69) is 29.0 Å². The number of carbonyl (C=O) groups excluding carboxylic acids is 1. The van der Waals surface area contributed by atoms with Gasteiger partial charge in [-0.15, -0.1) is 11.3 Å². The molecule has 1 atom stereocenters. The van der Waals surface area contributed by atoms with Crippen molar-refractivity contribution in [3.8, 4) is 5.88 Å². The van der Waals surface area contributed by atoms with E-state index in [9.17, 15) is 4.79 Å². The summed E-state index contributed by atoms with van der Waals surface area (Å²) in [6, 6.07) is 0.660. The van der Waals surface area contributed by atoms with E-state index in [1.807, 2.05) is 0 Å². The molecule has 2 aromatic rings. The molecule has 5 nitrogen and oxygen atoms in total. The molecule has 134 valence electrons. The normalized spacial score (nSPS) is 26.1. The minimum atomic E-state index is 0.232. The zero-order valence-corrected chi connectivity index (χ0v) is 15.7. The highest BCUT2D eigenvalue weighted by Gasteiger charge is 2.31. The molecular weight excluding hydrogens is 334 g/mol. The molecule has 2 aliphatic rings. The number of fused-ring (bicyclic) bond motifs is 3. The maximum atomic E-state index is 11.1. The fourth-order valence-electron chi connectivity index (χ4n) is 4.32. The average molecular weight is 359 g/mol. The second-order valence-corrected chi connectivity index (χ2v) is 8.53. The molecule has 2 aromatic heterocycles. The number of ether oxygens (including phenoxy) is 1. The number of aldehydes is 1. The van der Waals surface area contributed by atoms with Gasteiger partial charge < -0.3 is 14.4 Å². The molecule has 0 spiro atoms. The fraction of sp³-hybridized carbons (Fsp3) is 0.632. The van der Waals surface area contributed by atoms with Crippen molar-refractivity contribution in [2.75, 3.05) is 14.1 Å². The van der Waals surface area contributed by atoms with Crippen molar-refractivity contribution < 1.29 is 9.53 Å². The van der Waals surface area contributed by atoms with Gasteiger partial charge in [0.15, 0.2) is 0 Å². The molecule has 2 aliphatic carbocycles. The molecule has 4 rings (SSSR count). The van der Waals surface area contributed by atoms with Gasteiger partial charge in [0.05, 0.1) is 5.39 Å². The number of aryl methyl sites for hydroxylation is 1. The molecule has 1 saturated carbocycles. The first-order chi connectivity index (χ1) is 12.2. The van der Waals surface area contributed by atoms with Crippen LogP contribution in [0.2, 0.25) is 0 Å². The number of aromatic nitrogens is 2. The monoisotopic (exact) mass is 359 g/mol. The van der Waals surface area contributed by atoms with Gasteiger partial charge in [-0.3, -0.25) is 0 Å². The van der Waals surface area contributed by atoms with Crippen molar-refractivity contribution in [3.05, 3.63) is 16.8 Å². The Morgan fingerprint density at radius 3 is 2.76 bits per heavy atom. The number of hydrogen-bond donors (Lipinski definition) is 0. The van der Waals surface area contributed by atoms with Gasteiger partial charge in [0.2, 0.25) is 5.88 Å². The molecule has 0 aliphatic heterocycles. The van der Waals surface area contributed by atoms with Gasteiger partial charge in [0, 0.05) is 17.3 Å². The van der Waals surface area contributed by atoms with Crippen LogP contribution in [-0.4, -0.2) is 47.4 Å². The van der Waals surface area contributed by atoms with E-state index < -0.39 is 0 Å². The summed E-state index contributed by atoms with van der Waals surface area (Å²) in [5.41, 5.74) is 1.28. The average Bonchev–Trinajstić information content (AvgIpc) is 3.16. The number of nitrogens with zero attached hydrogens (tertiary/aromatic N) is 3. The van der Waals surface area contributed by atoms with Crippen molar-refractivity contribution >= 4 is 27.8 Å². The van der Waals surface area contributed by atoms with Gasteiger partial charge in [-0.1, -0.05) is 0 Å². The molecule has 0 amide bonds. The molecule has 0 radical (unpaired) electrons. The minimum Gasteiger partial charge on any atom is -0.474 e. The summed E-state index contributed by atoms with van der Waals surface area (Å²) in [5.74, 6) is 1.03. The molecule has 0 N–H and O–H groups in total. The molecule has 0 bridgehead atoms. The lowest BCUT2D eigenvalue weighted by Gasteiger charge is -2.32. The van der Waals surface area contributed by atoms with E-state index in [1.54, 1.807) is 17.7 Å². The molecule has 6 heteroatoms. The van der Waals surface area contributed by atoms with Crippen LogP contribution in [0.5, 0.6) is 5.88 Å². The summed E-state index contributed by atoms with van der Waals surface area (Å²) in [6.07, 6.45) is 10.0. The largest absolute Gasteiger partial charge is 0.474 e. The van der Waals surface area contributed by atoms with Gasteiger partial charge in [-0.2, -0.15) is 0 Å². The Balaban J connectivity index is 1.59. The smallest absolute Gasteiger partial charge is 0.225 e. The summed E-state index contributed by atoms with van der Waals surface area (Å²) in [5, 5.41) is 1.07. The summed E-state index contributed by atoms with van der Waals surface area (Å²) < 4.78 is 6.36. The Hall–Kier alpha value is -1.53. The quantitative estimate of drug-likeness (QED) is 0.764. The topological polar surface area (TPSA) is 55.3 Å². The van der Waals surface area contributed by atoms with Crippen LogP contribution in [-0.2, 0) is 11.2 Å². The lowest BCUT2D eigenvalue weighted by atomic mass is 9.92. The summed E-state index contributed by atoms with van der Waals surface area (Å²) in [6.45, 7) is 0. The van der Waals surface area contributed by atoms with Gasteiger partial charge in [-0.25, -0.2) is 9.97 Å².